The molecule has 0 saturated carbocycles. The van der Waals surface area contributed by atoms with Crippen molar-refractivity contribution in [2.24, 2.45) is 0 Å². The van der Waals surface area contributed by atoms with Crippen LogP contribution in [-0.2, 0) is 11.2 Å². The molecule has 3 atom stereocenters. The van der Waals surface area contributed by atoms with E-state index in [-0.39, 0.29) is 18.9 Å². The van der Waals surface area contributed by atoms with Gasteiger partial charge in [-0.2, -0.15) is 0 Å². The minimum atomic E-state index is -0.745. The normalized spacial score (nSPS) is 22.3. The molecule has 0 radical (unpaired) electrons. The summed E-state index contributed by atoms with van der Waals surface area (Å²) < 4.78 is 11.4. The highest BCUT2D eigenvalue weighted by Crippen LogP contribution is 2.36. The molecule has 0 aliphatic carbocycles. The Morgan fingerprint density at radius 2 is 2.12 bits per heavy atom. The summed E-state index contributed by atoms with van der Waals surface area (Å²) in [5.74, 6) is 0.363. The highest BCUT2D eigenvalue weighted by molar-refractivity contribution is 5.40. The van der Waals surface area contributed by atoms with Crippen molar-refractivity contribution in [2.75, 3.05) is 13.2 Å². The Kier molecular flexibility index (Phi) is 5.77. The van der Waals surface area contributed by atoms with Crippen molar-refractivity contribution in [2.45, 2.75) is 31.2 Å². The molecule has 0 spiro atoms. The highest BCUT2D eigenvalue weighted by Gasteiger charge is 2.35. The van der Waals surface area contributed by atoms with Gasteiger partial charge in [-0.15, -0.1) is 0 Å². The van der Waals surface area contributed by atoms with E-state index in [1.807, 2.05) is 0 Å². The molecule has 1 aliphatic heterocycles. The predicted octanol–water partition coefficient (Wildman–Crippen LogP) is 1.79. The number of rotatable bonds is 7. The first-order valence-electron chi connectivity index (χ1n) is 8.34. The van der Waals surface area contributed by atoms with Crippen molar-refractivity contribution < 1.29 is 24.6 Å². The fourth-order valence-corrected chi connectivity index (χ4v) is 3.02. The number of ether oxygens (including phenoxy) is 2. The van der Waals surface area contributed by atoms with Crippen LogP contribution in [0.3, 0.4) is 0 Å². The Morgan fingerprint density at radius 3 is 2.85 bits per heavy atom. The number of aliphatic hydroxyl groups is 2. The number of pyridine rings is 1. The molecule has 8 heteroatoms. The molecule has 2 aromatic rings. The summed E-state index contributed by atoms with van der Waals surface area (Å²) in [5, 5.41) is 30.2. The van der Waals surface area contributed by atoms with Gasteiger partial charge >= 0.3 is 0 Å². The molecule has 3 rings (SSSR count). The van der Waals surface area contributed by atoms with E-state index in [2.05, 4.69) is 4.98 Å². The average molecular weight is 360 g/mol. The van der Waals surface area contributed by atoms with Gasteiger partial charge in [-0.3, -0.25) is 10.1 Å². The van der Waals surface area contributed by atoms with Crippen LogP contribution in [0.15, 0.2) is 42.6 Å². The number of nitrogens with zero attached hydrogens (tertiary/aromatic N) is 2. The van der Waals surface area contributed by atoms with E-state index in [4.69, 9.17) is 9.47 Å². The SMILES string of the molecule is O=[N+]([O-])c1ccccc1CCOc1ncccc1[C@H]1C[C@H](O)[C@@H](CO)O1. The lowest BCUT2D eigenvalue weighted by molar-refractivity contribution is -0.385. The van der Waals surface area contributed by atoms with Gasteiger partial charge in [0, 0.05) is 36.2 Å². The Morgan fingerprint density at radius 1 is 1.31 bits per heavy atom. The van der Waals surface area contributed by atoms with Gasteiger partial charge in [0.2, 0.25) is 5.88 Å². The summed E-state index contributed by atoms with van der Waals surface area (Å²) in [7, 11) is 0. The van der Waals surface area contributed by atoms with Gasteiger partial charge in [0.15, 0.2) is 0 Å². The first kappa shape index (κ1) is 18.2. The first-order chi connectivity index (χ1) is 12.6. The second-order valence-electron chi connectivity index (χ2n) is 6.03. The van der Waals surface area contributed by atoms with E-state index < -0.39 is 23.2 Å². The van der Waals surface area contributed by atoms with Gasteiger partial charge in [0.25, 0.3) is 5.69 Å². The molecular formula is C18H20N2O6. The van der Waals surface area contributed by atoms with Crippen LogP contribution in [0.4, 0.5) is 5.69 Å². The maximum absolute atomic E-state index is 11.1. The second-order valence-corrected chi connectivity index (χ2v) is 6.03. The maximum atomic E-state index is 11.1. The minimum absolute atomic E-state index is 0.0605. The van der Waals surface area contributed by atoms with Crippen LogP contribution >= 0.6 is 0 Å². The van der Waals surface area contributed by atoms with Crippen molar-refractivity contribution in [3.8, 4) is 5.88 Å². The molecule has 1 fully saturated rings. The van der Waals surface area contributed by atoms with Crippen molar-refractivity contribution in [1.82, 2.24) is 4.98 Å². The molecule has 1 aromatic heterocycles. The molecule has 1 aromatic carbocycles. The fraction of sp³-hybridized carbons (Fsp3) is 0.389. The Balaban J connectivity index is 1.67. The number of benzene rings is 1. The van der Waals surface area contributed by atoms with Crippen molar-refractivity contribution in [3.63, 3.8) is 0 Å². The van der Waals surface area contributed by atoms with Gasteiger partial charge in [0.05, 0.1) is 30.3 Å². The largest absolute Gasteiger partial charge is 0.477 e. The van der Waals surface area contributed by atoms with Crippen LogP contribution < -0.4 is 4.74 Å². The third-order valence-corrected chi connectivity index (χ3v) is 4.35. The number of hydrogen-bond donors (Lipinski definition) is 2. The molecule has 0 bridgehead atoms. The summed E-state index contributed by atoms with van der Waals surface area (Å²) in [6.45, 7) is -0.0423. The Bertz CT molecular complexity index is 769. The first-order valence-corrected chi connectivity index (χ1v) is 8.34. The number of hydrogen-bond acceptors (Lipinski definition) is 7. The van der Waals surface area contributed by atoms with E-state index in [9.17, 15) is 20.3 Å². The van der Waals surface area contributed by atoms with Crippen LogP contribution in [0.1, 0.15) is 23.7 Å². The summed E-state index contributed by atoms with van der Waals surface area (Å²) in [6.07, 6.45) is 0.499. The second kappa shape index (κ2) is 8.22. The van der Waals surface area contributed by atoms with Gasteiger partial charge in [-0.25, -0.2) is 4.98 Å². The molecule has 8 nitrogen and oxygen atoms in total. The van der Waals surface area contributed by atoms with Gasteiger partial charge < -0.3 is 19.7 Å². The minimum Gasteiger partial charge on any atom is -0.477 e. The Hall–Kier alpha value is -2.55. The highest BCUT2D eigenvalue weighted by atomic mass is 16.6. The van der Waals surface area contributed by atoms with Crippen LogP contribution in [-0.4, -0.2) is 45.5 Å². The molecular weight excluding hydrogens is 340 g/mol. The topological polar surface area (TPSA) is 115 Å². The molecule has 0 unspecified atom stereocenters. The summed E-state index contributed by atoms with van der Waals surface area (Å²) in [4.78, 5) is 14.9. The predicted molar refractivity (Wildman–Crippen MR) is 91.9 cm³/mol. The summed E-state index contributed by atoms with van der Waals surface area (Å²) >= 11 is 0. The zero-order chi connectivity index (χ0) is 18.5. The van der Waals surface area contributed by atoms with Crippen LogP contribution in [0.5, 0.6) is 5.88 Å². The molecule has 1 saturated heterocycles. The van der Waals surface area contributed by atoms with E-state index in [0.717, 1.165) is 0 Å². The molecule has 26 heavy (non-hydrogen) atoms. The summed E-state index contributed by atoms with van der Waals surface area (Å²) in [6, 6.07) is 10.1. The standard InChI is InChI=1S/C18H20N2O6/c21-11-17-15(22)10-16(26-17)13-5-3-8-19-18(13)25-9-7-12-4-1-2-6-14(12)20(23)24/h1-6,8,15-17,21-22H,7,9-11H2/t15-,16+,17+/m0/s1. The van der Waals surface area contributed by atoms with E-state index in [0.29, 0.717) is 29.8 Å². The zero-order valence-electron chi connectivity index (χ0n) is 14.0. The zero-order valence-corrected chi connectivity index (χ0v) is 14.0. The van der Waals surface area contributed by atoms with Gasteiger partial charge in [-0.05, 0) is 12.1 Å². The average Bonchev–Trinajstić information content (AvgIpc) is 3.03. The third-order valence-electron chi connectivity index (χ3n) is 4.35. The van der Waals surface area contributed by atoms with E-state index in [1.54, 1.807) is 36.5 Å². The van der Waals surface area contributed by atoms with Crippen LogP contribution in [0.25, 0.3) is 0 Å². The molecule has 2 heterocycles. The number of nitro groups is 1. The fourth-order valence-electron chi connectivity index (χ4n) is 3.02. The molecule has 2 N–H and O–H groups in total. The monoisotopic (exact) mass is 360 g/mol. The van der Waals surface area contributed by atoms with Crippen molar-refractivity contribution >= 4 is 5.69 Å². The van der Waals surface area contributed by atoms with Crippen LogP contribution in [0, 0.1) is 10.1 Å². The quantitative estimate of drug-likeness (QED) is 0.571. The maximum Gasteiger partial charge on any atom is 0.272 e. The van der Waals surface area contributed by atoms with Gasteiger partial charge in [0.1, 0.15) is 6.10 Å². The molecule has 1 aliphatic rings. The summed E-state index contributed by atoms with van der Waals surface area (Å²) in [5.41, 5.74) is 1.33. The molecule has 138 valence electrons. The van der Waals surface area contributed by atoms with Gasteiger partial charge in [-0.1, -0.05) is 18.2 Å². The van der Waals surface area contributed by atoms with Crippen molar-refractivity contribution in [3.05, 3.63) is 63.8 Å². The number of aromatic nitrogens is 1. The smallest absolute Gasteiger partial charge is 0.272 e. The third kappa shape index (κ3) is 3.98. The van der Waals surface area contributed by atoms with E-state index >= 15 is 0 Å². The Labute approximate surface area is 150 Å². The van der Waals surface area contributed by atoms with E-state index in [1.165, 1.54) is 6.07 Å². The number of nitro benzene ring substituents is 1. The lowest BCUT2D eigenvalue weighted by Crippen LogP contribution is -2.24. The lowest BCUT2D eigenvalue weighted by atomic mass is 10.1. The van der Waals surface area contributed by atoms with Crippen molar-refractivity contribution in [1.29, 1.82) is 0 Å². The number of para-hydroxylation sites is 1. The van der Waals surface area contributed by atoms with Crippen LogP contribution in [0.2, 0.25) is 0 Å². The number of aliphatic hydroxyl groups excluding tert-OH is 2. The lowest BCUT2D eigenvalue weighted by Gasteiger charge is -2.15. The molecule has 0 amide bonds.